The molecule has 0 bridgehead atoms. The van der Waals surface area contributed by atoms with Gasteiger partial charge in [0, 0.05) is 17.7 Å². The summed E-state index contributed by atoms with van der Waals surface area (Å²) in [7, 11) is 0. The van der Waals surface area contributed by atoms with E-state index in [1.54, 1.807) is 36.1 Å². The van der Waals surface area contributed by atoms with Crippen molar-refractivity contribution in [3.8, 4) is 0 Å². The minimum Gasteiger partial charge on any atom is -0.370 e. The Labute approximate surface area is 141 Å². The van der Waals surface area contributed by atoms with Crippen molar-refractivity contribution in [1.82, 2.24) is 4.90 Å². The number of hydrogen-bond donors (Lipinski definition) is 0. The van der Waals surface area contributed by atoms with Crippen molar-refractivity contribution in [1.29, 1.82) is 0 Å². The maximum absolute atomic E-state index is 13.7. The second-order valence-electron chi connectivity index (χ2n) is 5.87. The fourth-order valence-corrected chi connectivity index (χ4v) is 2.84. The van der Waals surface area contributed by atoms with Gasteiger partial charge in [-0.1, -0.05) is 48.5 Å². The molecule has 24 heavy (non-hydrogen) atoms. The molecular weight excluding hydrogens is 305 g/mol. The molecular formula is C20H20FNO2. The van der Waals surface area contributed by atoms with Crippen LogP contribution in [-0.2, 0) is 9.53 Å². The molecule has 0 spiro atoms. The molecule has 1 fully saturated rings. The fraction of sp³-hybridized carbons (Fsp3) is 0.250. The zero-order valence-electron chi connectivity index (χ0n) is 13.6. The summed E-state index contributed by atoms with van der Waals surface area (Å²) in [5.41, 5.74) is 2.01. The summed E-state index contributed by atoms with van der Waals surface area (Å²) in [4.78, 5) is 14.4. The third kappa shape index (κ3) is 3.71. The van der Waals surface area contributed by atoms with Crippen molar-refractivity contribution in [2.45, 2.75) is 13.0 Å². The number of amides is 1. The summed E-state index contributed by atoms with van der Waals surface area (Å²) in [5.74, 6) is -0.406. The number of ether oxygens (including phenoxy) is 1. The van der Waals surface area contributed by atoms with Crippen LogP contribution in [0, 0.1) is 5.82 Å². The average Bonchev–Trinajstić information content (AvgIpc) is 2.64. The number of carbonyl (C=O) groups excluding carboxylic acids is 1. The van der Waals surface area contributed by atoms with Gasteiger partial charge in [0.2, 0.25) is 5.91 Å². The molecule has 0 aromatic heterocycles. The third-order valence-corrected chi connectivity index (χ3v) is 4.14. The Bertz CT molecular complexity index is 742. The molecule has 4 heteroatoms. The SMILES string of the molecule is C/C(=C\c1ccccc1F)C(=O)N1CCOC(c2ccccc2)C1. The standard InChI is InChI=1S/C20H20FNO2/c1-15(13-17-9-5-6-10-18(17)21)20(23)22-11-12-24-19(14-22)16-7-3-2-4-8-16/h2-10,13,19H,11-12,14H2,1H3/b15-13+. The van der Waals surface area contributed by atoms with E-state index in [9.17, 15) is 9.18 Å². The minimum absolute atomic E-state index is 0.0810. The predicted octanol–water partition coefficient (Wildman–Crippen LogP) is 3.83. The lowest BCUT2D eigenvalue weighted by Gasteiger charge is -2.33. The van der Waals surface area contributed by atoms with Gasteiger partial charge in [-0.15, -0.1) is 0 Å². The highest BCUT2D eigenvalue weighted by Crippen LogP contribution is 2.23. The lowest BCUT2D eigenvalue weighted by Crippen LogP contribution is -2.42. The Morgan fingerprint density at radius 1 is 1.17 bits per heavy atom. The zero-order valence-corrected chi connectivity index (χ0v) is 13.6. The predicted molar refractivity (Wildman–Crippen MR) is 91.8 cm³/mol. The van der Waals surface area contributed by atoms with Crippen molar-refractivity contribution >= 4 is 12.0 Å². The molecule has 124 valence electrons. The number of carbonyl (C=O) groups is 1. The summed E-state index contributed by atoms with van der Waals surface area (Å²) >= 11 is 0. The molecule has 1 aliphatic rings. The molecule has 2 aromatic rings. The van der Waals surface area contributed by atoms with Gasteiger partial charge in [-0.2, -0.15) is 0 Å². The van der Waals surface area contributed by atoms with Crippen LogP contribution in [-0.4, -0.2) is 30.5 Å². The first kappa shape index (κ1) is 16.4. The normalized spacial score (nSPS) is 18.5. The molecule has 1 aliphatic heterocycles. The Balaban J connectivity index is 1.73. The molecule has 1 saturated heterocycles. The Morgan fingerprint density at radius 2 is 1.88 bits per heavy atom. The van der Waals surface area contributed by atoms with Crippen LogP contribution in [0.1, 0.15) is 24.2 Å². The van der Waals surface area contributed by atoms with Crippen LogP contribution in [0.25, 0.3) is 6.08 Å². The second kappa shape index (κ2) is 7.41. The van der Waals surface area contributed by atoms with E-state index in [0.717, 1.165) is 5.56 Å². The van der Waals surface area contributed by atoms with Crippen LogP contribution < -0.4 is 0 Å². The van der Waals surface area contributed by atoms with E-state index >= 15 is 0 Å². The van der Waals surface area contributed by atoms with Crippen molar-refractivity contribution < 1.29 is 13.9 Å². The van der Waals surface area contributed by atoms with E-state index < -0.39 is 0 Å². The fourth-order valence-electron chi connectivity index (χ4n) is 2.84. The molecule has 0 radical (unpaired) electrons. The monoisotopic (exact) mass is 325 g/mol. The number of morpholine rings is 1. The van der Waals surface area contributed by atoms with Crippen molar-refractivity contribution in [3.63, 3.8) is 0 Å². The number of hydrogen-bond acceptors (Lipinski definition) is 2. The molecule has 1 amide bonds. The summed E-state index contributed by atoms with van der Waals surface area (Å²) < 4.78 is 19.5. The lowest BCUT2D eigenvalue weighted by molar-refractivity contribution is -0.134. The molecule has 1 atom stereocenters. The maximum atomic E-state index is 13.7. The molecule has 3 rings (SSSR count). The van der Waals surface area contributed by atoms with Crippen LogP contribution in [0.2, 0.25) is 0 Å². The van der Waals surface area contributed by atoms with E-state index in [0.29, 0.717) is 30.8 Å². The lowest BCUT2D eigenvalue weighted by atomic mass is 10.1. The molecule has 2 aromatic carbocycles. The zero-order chi connectivity index (χ0) is 16.9. The van der Waals surface area contributed by atoms with Crippen LogP contribution in [0.15, 0.2) is 60.2 Å². The Hall–Kier alpha value is -2.46. The molecule has 0 aliphatic carbocycles. The molecule has 1 heterocycles. The van der Waals surface area contributed by atoms with Gasteiger partial charge in [-0.05, 0) is 24.6 Å². The molecule has 1 unspecified atom stereocenters. The quantitative estimate of drug-likeness (QED) is 0.803. The smallest absolute Gasteiger partial charge is 0.249 e. The topological polar surface area (TPSA) is 29.5 Å². The Kier molecular flexibility index (Phi) is 5.06. The average molecular weight is 325 g/mol. The summed E-state index contributed by atoms with van der Waals surface area (Å²) in [6.45, 7) is 3.27. The third-order valence-electron chi connectivity index (χ3n) is 4.14. The van der Waals surface area contributed by atoms with Gasteiger partial charge < -0.3 is 9.64 Å². The van der Waals surface area contributed by atoms with Crippen LogP contribution in [0.5, 0.6) is 0 Å². The summed E-state index contributed by atoms with van der Waals surface area (Å²) in [6.07, 6.45) is 1.48. The minimum atomic E-state index is -0.325. The van der Waals surface area contributed by atoms with E-state index in [-0.39, 0.29) is 17.8 Å². The van der Waals surface area contributed by atoms with Crippen LogP contribution >= 0.6 is 0 Å². The number of nitrogens with zero attached hydrogens (tertiary/aromatic N) is 1. The van der Waals surface area contributed by atoms with Crippen LogP contribution in [0.3, 0.4) is 0 Å². The molecule has 0 N–H and O–H groups in total. The molecule has 3 nitrogen and oxygen atoms in total. The van der Waals surface area contributed by atoms with Crippen LogP contribution in [0.4, 0.5) is 4.39 Å². The van der Waals surface area contributed by atoms with Gasteiger partial charge in [0.15, 0.2) is 0 Å². The highest BCUT2D eigenvalue weighted by Gasteiger charge is 2.25. The van der Waals surface area contributed by atoms with E-state index in [2.05, 4.69) is 0 Å². The Morgan fingerprint density at radius 3 is 2.62 bits per heavy atom. The van der Waals surface area contributed by atoms with Crippen molar-refractivity contribution in [3.05, 3.63) is 77.1 Å². The number of rotatable bonds is 3. The highest BCUT2D eigenvalue weighted by molar-refractivity contribution is 5.97. The van der Waals surface area contributed by atoms with E-state index in [1.807, 2.05) is 30.3 Å². The van der Waals surface area contributed by atoms with Gasteiger partial charge in [-0.3, -0.25) is 4.79 Å². The maximum Gasteiger partial charge on any atom is 0.249 e. The molecule has 0 saturated carbocycles. The second-order valence-corrected chi connectivity index (χ2v) is 5.87. The van der Waals surface area contributed by atoms with E-state index in [1.165, 1.54) is 6.07 Å². The largest absolute Gasteiger partial charge is 0.370 e. The number of benzene rings is 2. The van der Waals surface area contributed by atoms with Gasteiger partial charge in [0.1, 0.15) is 11.9 Å². The first-order valence-corrected chi connectivity index (χ1v) is 8.04. The van der Waals surface area contributed by atoms with E-state index in [4.69, 9.17) is 4.74 Å². The van der Waals surface area contributed by atoms with Gasteiger partial charge in [0.05, 0.1) is 13.2 Å². The highest BCUT2D eigenvalue weighted by atomic mass is 19.1. The number of halogens is 1. The van der Waals surface area contributed by atoms with Gasteiger partial charge >= 0.3 is 0 Å². The van der Waals surface area contributed by atoms with Gasteiger partial charge in [-0.25, -0.2) is 4.39 Å². The first-order chi connectivity index (χ1) is 11.6. The summed E-state index contributed by atoms with van der Waals surface area (Å²) in [5, 5.41) is 0. The van der Waals surface area contributed by atoms with Crippen molar-refractivity contribution in [2.75, 3.05) is 19.7 Å². The van der Waals surface area contributed by atoms with Gasteiger partial charge in [0.25, 0.3) is 0 Å². The summed E-state index contributed by atoms with van der Waals surface area (Å²) in [6, 6.07) is 16.3. The van der Waals surface area contributed by atoms with Crippen molar-refractivity contribution in [2.24, 2.45) is 0 Å². The first-order valence-electron chi connectivity index (χ1n) is 8.04.